The smallest absolute Gasteiger partial charge is 0.339 e. The number of hydrogen-bond acceptors (Lipinski definition) is 7. The van der Waals surface area contributed by atoms with Crippen molar-refractivity contribution in [3.8, 4) is 0 Å². The number of halogens is 1. The summed E-state index contributed by atoms with van der Waals surface area (Å²) in [5.41, 5.74) is 11.7. The number of hydrogen-bond donors (Lipinski definition) is 3. The third kappa shape index (κ3) is 4.17. The predicted octanol–water partition coefficient (Wildman–Crippen LogP) is 2.67. The number of carbonyl (C=O) groups excluding carboxylic acids is 2. The minimum atomic E-state index is -1.82. The number of anilines is 1. The van der Waals surface area contributed by atoms with Gasteiger partial charge in [-0.1, -0.05) is 22.0 Å². The Morgan fingerprint density at radius 3 is 2.41 bits per heavy atom. The van der Waals surface area contributed by atoms with E-state index in [1.54, 1.807) is 39.0 Å². The van der Waals surface area contributed by atoms with Crippen molar-refractivity contribution in [1.29, 1.82) is 0 Å². The molecule has 0 aliphatic carbocycles. The first-order chi connectivity index (χ1) is 12.8. The van der Waals surface area contributed by atoms with Crippen molar-refractivity contribution in [2.45, 2.75) is 26.3 Å². The Hall–Kier alpha value is -1.51. The summed E-state index contributed by atoms with van der Waals surface area (Å²) in [6.45, 7) is 5.94. The van der Waals surface area contributed by atoms with Crippen molar-refractivity contribution in [3.05, 3.63) is 39.2 Å². The van der Waals surface area contributed by atoms with E-state index in [-0.39, 0.29) is 17.6 Å². The molecular formula is C17H23BrN3O5P. The van der Waals surface area contributed by atoms with Crippen LogP contribution in [0.2, 0.25) is 0 Å². The van der Waals surface area contributed by atoms with Crippen molar-refractivity contribution in [1.82, 2.24) is 0 Å². The van der Waals surface area contributed by atoms with E-state index in [2.05, 4.69) is 21.2 Å². The van der Waals surface area contributed by atoms with Gasteiger partial charge in [0.25, 0.3) is 5.91 Å². The van der Waals surface area contributed by atoms with Crippen LogP contribution >= 0.6 is 24.3 Å². The molecule has 148 valence electrons. The minimum Gasteiger partial charge on any atom is -0.462 e. The van der Waals surface area contributed by atoms with Crippen molar-refractivity contribution in [3.63, 3.8) is 0 Å². The summed E-state index contributed by atoms with van der Waals surface area (Å²) in [5.74, 6) is -1.36. The molecule has 1 aromatic rings. The molecule has 10 heteroatoms. The summed E-state index contributed by atoms with van der Waals surface area (Å²) in [6, 6.07) is 5.09. The highest BCUT2D eigenvalue weighted by Crippen LogP contribution is 2.50. The zero-order valence-corrected chi connectivity index (χ0v) is 17.9. The second-order valence-corrected chi connectivity index (χ2v) is 7.95. The summed E-state index contributed by atoms with van der Waals surface area (Å²) in [4.78, 5) is 25.6. The van der Waals surface area contributed by atoms with Crippen molar-refractivity contribution in [2.24, 2.45) is 11.5 Å². The molecule has 1 unspecified atom stereocenters. The van der Waals surface area contributed by atoms with E-state index < -0.39 is 25.8 Å². The monoisotopic (exact) mass is 459 g/mol. The van der Waals surface area contributed by atoms with Crippen LogP contribution in [0.1, 0.15) is 26.3 Å². The summed E-state index contributed by atoms with van der Waals surface area (Å²) in [6.07, 6.45) is 0. The van der Waals surface area contributed by atoms with Gasteiger partial charge in [-0.25, -0.2) is 4.79 Å². The first-order valence-corrected chi connectivity index (χ1v) is 10.4. The second-order valence-electron chi connectivity index (χ2n) is 5.53. The van der Waals surface area contributed by atoms with Gasteiger partial charge >= 0.3 is 5.97 Å². The molecule has 2 rings (SSSR count). The van der Waals surface area contributed by atoms with E-state index in [1.165, 1.54) is 0 Å². The van der Waals surface area contributed by atoms with Gasteiger partial charge in [-0.15, -0.1) is 0 Å². The van der Waals surface area contributed by atoms with Crippen molar-refractivity contribution < 1.29 is 23.4 Å². The lowest BCUT2D eigenvalue weighted by atomic mass is 9.85. The van der Waals surface area contributed by atoms with Gasteiger partial charge in [-0.3, -0.25) is 4.79 Å². The highest BCUT2D eigenvalue weighted by atomic mass is 79.9. The van der Waals surface area contributed by atoms with Gasteiger partial charge < -0.3 is 30.6 Å². The summed E-state index contributed by atoms with van der Waals surface area (Å²) >= 11 is 3.35. The average molecular weight is 460 g/mol. The van der Waals surface area contributed by atoms with Gasteiger partial charge in [-0.2, -0.15) is 0 Å². The predicted molar refractivity (Wildman–Crippen MR) is 107 cm³/mol. The van der Waals surface area contributed by atoms with Crippen LogP contribution in [-0.2, 0) is 28.9 Å². The third-order valence-corrected chi connectivity index (χ3v) is 5.93. The van der Waals surface area contributed by atoms with Gasteiger partial charge in [0.2, 0.25) is 8.38 Å². The molecule has 8 nitrogen and oxygen atoms in total. The number of nitrogens with two attached hydrogens (primary N) is 2. The van der Waals surface area contributed by atoms with E-state index >= 15 is 0 Å². The molecule has 0 radical (unpaired) electrons. The summed E-state index contributed by atoms with van der Waals surface area (Å²) in [7, 11) is -1.78. The topological polar surface area (TPSA) is 126 Å². The quantitative estimate of drug-likeness (QED) is 0.309. The molecule has 1 aromatic carbocycles. The molecule has 27 heavy (non-hydrogen) atoms. The second kappa shape index (κ2) is 9.12. The molecule has 0 spiro atoms. The van der Waals surface area contributed by atoms with Crippen LogP contribution in [0.25, 0.3) is 0 Å². The summed E-state index contributed by atoms with van der Waals surface area (Å²) in [5, 5.41) is 2.70. The number of esters is 1. The molecular weight excluding hydrogens is 437 g/mol. The zero-order valence-electron chi connectivity index (χ0n) is 15.4. The van der Waals surface area contributed by atoms with E-state index in [1.807, 2.05) is 0 Å². The first-order valence-electron chi connectivity index (χ1n) is 8.44. The molecule has 0 fully saturated rings. The fraction of sp³-hybridized carbons (Fsp3) is 0.412. The van der Waals surface area contributed by atoms with Gasteiger partial charge in [0.05, 0.1) is 25.4 Å². The van der Waals surface area contributed by atoms with Crippen LogP contribution in [0.15, 0.2) is 33.7 Å². The molecule has 0 saturated heterocycles. The Morgan fingerprint density at radius 2 is 1.85 bits per heavy atom. The largest absolute Gasteiger partial charge is 0.462 e. The third-order valence-electron chi connectivity index (χ3n) is 3.83. The van der Waals surface area contributed by atoms with Gasteiger partial charge in [0.1, 0.15) is 5.44 Å². The average Bonchev–Trinajstić information content (AvgIpc) is 2.85. The number of fused-ring (bicyclic) bond motifs is 1. The maximum Gasteiger partial charge on any atom is 0.339 e. The van der Waals surface area contributed by atoms with Crippen LogP contribution in [-0.4, -0.2) is 31.7 Å². The molecule has 0 bridgehead atoms. The van der Waals surface area contributed by atoms with E-state index in [0.717, 1.165) is 4.47 Å². The highest BCUT2D eigenvalue weighted by Gasteiger charge is 2.52. The maximum absolute atomic E-state index is 12.8. The Balaban J connectivity index is 2.69. The fourth-order valence-corrected chi connectivity index (χ4v) is 4.36. The fourth-order valence-electron chi connectivity index (χ4n) is 2.73. The Labute approximate surface area is 167 Å². The van der Waals surface area contributed by atoms with E-state index in [0.29, 0.717) is 24.5 Å². The van der Waals surface area contributed by atoms with Gasteiger partial charge in [0, 0.05) is 15.7 Å². The lowest BCUT2D eigenvalue weighted by Gasteiger charge is -2.28. The molecule has 0 aromatic heterocycles. The van der Waals surface area contributed by atoms with Crippen LogP contribution in [0.5, 0.6) is 0 Å². The number of carbonyl (C=O) groups is 2. The maximum atomic E-state index is 12.8. The van der Waals surface area contributed by atoms with Crippen LogP contribution in [0, 0.1) is 0 Å². The SMILES string of the molecule is CCOC(=O)/C(=C(/N)P(OCC)OCC)C1(N)C(=O)Nc2cc(Br)ccc21. The minimum absolute atomic E-state index is 0.0273. The number of rotatable bonds is 8. The molecule has 1 atom stereocenters. The molecule has 5 N–H and O–H groups in total. The Morgan fingerprint density at radius 1 is 1.22 bits per heavy atom. The van der Waals surface area contributed by atoms with Gasteiger partial charge in [-0.05, 0) is 32.9 Å². The van der Waals surface area contributed by atoms with Crippen LogP contribution in [0.3, 0.4) is 0 Å². The normalized spacial score (nSPS) is 19.6. The number of nitrogens with one attached hydrogen (secondary N) is 1. The highest BCUT2D eigenvalue weighted by molar-refractivity contribution is 9.10. The number of benzene rings is 1. The van der Waals surface area contributed by atoms with Crippen LogP contribution < -0.4 is 16.8 Å². The molecule has 1 aliphatic heterocycles. The Kier molecular flexibility index (Phi) is 7.36. The number of amides is 1. The first kappa shape index (κ1) is 21.8. The Bertz CT molecular complexity index is 767. The molecule has 1 aliphatic rings. The summed E-state index contributed by atoms with van der Waals surface area (Å²) < 4.78 is 17.0. The lowest BCUT2D eigenvalue weighted by Crippen LogP contribution is -2.49. The van der Waals surface area contributed by atoms with Gasteiger partial charge in [0.15, 0.2) is 5.54 Å². The molecule has 1 amide bonds. The molecule has 0 saturated carbocycles. The van der Waals surface area contributed by atoms with E-state index in [9.17, 15) is 9.59 Å². The standard InChI is InChI=1S/C17H23BrN3O5P/c1-4-24-15(22)13(14(19)27(25-5-2)26-6-3)17(20)11-8-7-10(18)9-12(11)21-16(17)23/h7-9H,4-6,19-20H2,1-3H3,(H,21,23)/b14-13+. The zero-order chi connectivity index (χ0) is 20.2. The number of ether oxygens (including phenoxy) is 1. The van der Waals surface area contributed by atoms with Crippen molar-refractivity contribution >= 4 is 41.9 Å². The van der Waals surface area contributed by atoms with Crippen molar-refractivity contribution in [2.75, 3.05) is 25.1 Å². The van der Waals surface area contributed by atoms with E-state index in [4.69, 9.17) is 25.3 Å². The lowest BCUT2D eigenvalue weighted by molar-refractivity contribution is -0.140. The van der Waals surface area contributed by atoms with Crippen LogP contribution in [0.4, 0.5) is 5.69 Å². The molecule has 1 heterocycles.